The van der Waals surface area contributed by atoms with Crippen molar-refractivity contribution in [2.24, 2.45) is 0 Å². The molecule has 0 aliphatic carbocycles. The maximum Gasteiger partial charge on any atom is 0.239 e. The van der Waals surface area contributed by atoms with Gasteiger partial charge in [-0.1, -0.05) is 0 Å². The minimum Gasteiger partial charge on any atom is -0.394 e. The van der Waals surface area contributed by atoms with Crippen LogP contribution in [0.5, 0.6) is 0 Å². The Morgan fingerprint density at radius 2 is 2.38 bits per heavy atom. The molecular formula is C8H11N3O2. The van der Waals surface area contributed by atoms with E-state index in [1.165, 1.54) is 18.5 Å². The number of nitrogens with one attached hydrogen (secondary N) is 1. The van der Waals surface area contributed by atoms with Crippen LogP contribution in [0.4, 0.5) is 5.69 Å². The van der Waals surface area contributed by atoms with Crippen LogP contribution in [0.15, 0.2) is 23.3 Å². The molecule has 1 rings (SSSR count). The summed E-state index contributed by atoms with van der Waals surface area (Å²) in [6.07, 6.45) is 2.96. The average Bonchev–Trinajstić information content (AvgIpc) is 2.11. The zero-order valence-corrected chi connectivity index (χ0v) is 7.28. The second-order valence-corrected chi connectivity index (χ2v) is 2.61. The SMILES string of the molecule is CNC(=O)Cn1ccc(=O)c(N)c1. The predicted octanol–water partition coefficient (Wildman–Crippen LogP) is -0.824. The van der Waals surface area contributed by atoms with Crippen LogP contribution in [0.3, 0.4) is 0 Å². The number of carbonyl (C=O) groups excluding carboxylic acids is 1. The number of hydrogen-bond acceptors (Lipinski definition) is 3. The fourth-order valence-corrected chi connectivity index (χ4v) is 0.888. The first kappa shape index (κ1) is 9.31. The van der Waals surface area contributed by atoms with Gasteiger partial charge in [0.25, 0.3) is 0 Å². The Hall–Kier alpha value is -1.78. The predicted molar refractivity (Wildman–Crippen MR) is 49.2 cm³/mol. The normalized spacial score (nSPS) is 9.62. The van der Waals surface area contributed by atoms with E-state index >= 15 is 0 Å². The number of amides is 1. The number of anilines is 1. The van der Waals surface area contributed by atoms with Crippen molar-refractivity contribution in [2.45, 2.75) is 6.54 Å². The van der Waals surface area contributed by atoms with Crippen molar-refractivity contribution >= 4 is 11.6 Å². The first-order chi connectivity index (χ1) is 6.13. The quantitative estimate of drug-likeness (QED) is 0.625. The largest absolute Gasteiger partial charge is 0.394 e. The second-order valence-electron chi connectivity index (χ2n) is 2.61. The minimum absolute atomic E-state index is 0.136. The highest BCUT2D eigenvalue weighted by Crippen LogP contribution is 1.92. The third-order valence-electron chi connectivity index (χ3n) is 1.61. The molecule has 0 unspecified atom stereocenters. The monoisotopic (exact) mass is 181 g/mol. The molecule has 5 nitrogen and oxygen atoms in total. The van der Waals surface area contributed by atoms with Gasteiger partial charge >= 0.3 is 0 Å². The zero-order valence-electron chi connectivity index (χ0n) is 7.28. The van der Waals surface area contributed by atoms with E-state index in [0.717, 1.165) is 0 Å². The van der Waals surface area contributed by atoms with Gasteiger partial charge in [-0.3, -0.25) is 9.59 Å². The Bertz CT molecular complexity index is 370. The highest BCUT2D eigenvalue weighted by atomic mass is 16.1. The van der Waals surface area contributed by atoms with Gasteiger partial charge in [-0.25, -0.2) is 0 Å². The average molecular weight is 181 g/mol. The van der Waals surface area contributed by atoms with Crippen LogP contribution in [0.25, 0.3) is 0 Å². The molecule has 70 valence electrons. The standard InChI is InChI=1S/C8H11N3O2/c1-10-8(13)5-11-3-2-7(12)6(9)4-11/h2-4H,5,9H2,1H3,(H,10,13). The number of likely N-dealkylation sites (N-methyl/N-ethyl adjacent to an activating group) is 1. The van der Waals surface area contributed by atoms with E-state index in [1.54, 1.807) is 11.6 Å². The van der Waals surface area contributed by atoms with Gasteiger partial charge in [-0.05, 0) is 0 Å². The maximum atomic E-state index is 10.9. The Morgan fingerprint density at radius 3 is 2.92 bits per heavy atom. The van der Waals surface area contributed by atoms with E-state index in [-0.39, 0.29) is 23.6 Å². The molecule has 1 aromatic heterocycles. The van der Waals surface area contributed by atoms with Crippen LogP contribution in [-0.4, -0.2) is 17.5 Å². The number of hydrogen-bond donors (Lipinski definition) is 2. The highest BCUT2D eigenvalue weighted by molar-refractivity contribution is 5.75. The highest BCUT2D eigenvalue weighted by Gasteiger charge is 1.99. The molecule has 0 atom stereocenters. The second kappa shape index (κ2) is 3.75. The van der Waals surface area contributed by atoms with Crippen LogP contribution in [0.2, 0.25) is 0 Å². The summed E-state index contributed by atoms with van der Waals surface area (Å²) in [5, 5.41) is 2.47. The van der Waals surface area contributed by atoms with Crippen LogP contribution in [0.1, 0.15) is 0 Å². The van der Waals surface area contributed by atoms with Crippen molar-refractivity contribution < 1.29 is 4.79 Å². The number of aromatic nitrogens is 1. The molecule has 1 amide bonds. The number of rotatable bonds is 2. The van der Waals surface area contributed by atoms with Crippen molar-refractivity contribution in [3.8, 4) is 0 Å². The molecule has 0 bridgehead atoms. The Labute approximate surface area is 75.2 Å². The molecule has 0 spiro atoms. The lowest BCUT2D eigenvalue weighted by atomic mass is 10.4. The maximum absolute atomic E-state index is 10.9. The Balaban J connectivity index is 2.86. The summed E-state index contributed by atoms with van der Waals surface area (Å²) in [6, 6.07) is 1.33. The van der Waals surface area contributed by atoms with E-state index in [2.05, 4.69) is 5.32 Å². The summed E-state index contributed by atoms with van der Waals surface area (Å²) in [5.74, 6) is -0.136. The lowest BCUT2D eigenvalue weighted by Gasteiger charge is -2.04. The Morgan fingerprint density at radius 1 is 1.69 bits per heavy atom. The topological polar surface area (TPSA) is 77.1 Å². The fourth-order valence-electron chi connectivity index (χ4n) is 0.888. The summed E-state index contributed by atoms with van der Waals surface area (Å²) in [6.45, 7) is 0.168. The smallest absolute Gasteiger partial charge is 0.239 e. The first-order valence-electron chi connectivity index (χ1n) is 3.79. The first-order valence-corrected chi connectivity index (χ1v) is 3.79. The van der Waals surface area contributed by atoms with Gasteiger partial charge in [0.2, 0.25) is 11.3 Å². The molecule has 0 fully saturated rings. The number of pyridine rings is 1. The van der Waals surface area contributed by atoms with Gasteiger partial charge in [0, 0.05) is 25.5 Å². The molecule has 13 heavy (non-hydrogen) atoms. The molecule has 0 saturated heterocycles. The van der Waals surface area contributed by atoms with Crippen molar-refractivity contribution in [3.63, 3.8) is 0 Å². The van der Waals surface area contributed by atoms with E-state index < -0.39 is 0 Å². The van der Waals surface area contributed by atoms with Crippen molar-refractivity contribution in [1.29, 1.82) is 0 Å². The van der Waals surface area contributed by atoms with Crippen LogP contribution in [0, 0.1) is 0 Å². The molecular weight excluding hydrogens is 170 g/mol. The van der Waals surface area contributed by atoms with E-state index in [9.17, 15) is 9.59 Å². The lowest BCUT2D eigenvalue weighted by Crippen LogP contribution is -2.24. The van der Waals surface area contributed by atoms with E-state index in [4.69, 9.17) is 5.73 Å². The lowest BCUT2D eigenvalue weighted by molar-refractivity contribution is -0.121. The third kappa shape index (κ3) is 2.33. The summed E-state index contributed by atoms with van der Waals surface area (Å²) in [5.41, 5.74) is 5.29. The Kier molecular flexibility index (Phi) is 2.69. The van der Waals surface area contributed by atoms with E-state index in [1.807, 2.05) is 0 Å². The van der Waals surface area contributed by atoms with Crippen LogP contribution >= 0.6 is 0 Å². The van der Waals surface area contributed by atoms with Crippen LogP contribution < -0.4 is 16.5 Å². The molecule has 5 heteroatoms. The van der Waals surface area contributed by atoms with Crippen molar-refractivity contribution in [1.82, 2.24) is 9.88 Å². The molecule has 0 aliphatic rings. The van der Waals surface area contributed by atoms with Gasteiger partial charge in [0.05, 0.1) is 5.69 Å². The molecule has 1 aromatic rings. The fraction of sp³-hybridized carbons (Fsp3) is 0.250. The van der Waals surface area contributed by atoms with Gasteiger partial charge in [-0.15, -0.1) is 0 Å². The molecule has 0 aliphatic heterocycles. The molecule has 0 aromatic carbocycles. The van der Waals surface area contributed by atoms with E-state index in [0.29, 0.717) is 0 Å². The number of carbonyl (C=O) groups is 1. The summed E-state index contributed by atoms with van der Waals surface area (Å²) >= 11 is 0. The van der Waals surface area contributed by atoms with Gasteiger partial charge in [0.1, 0.15) is 6.54 Å². The zero-order chi connectivity index (χ0) is 9.84. The number of nitrogen functional groups attached to an aromatic ring is 1. The number of nitrogens with zero attached hydrogens (tertiary/aromatic N) is 1. The van der Waals surface area contributed by atoms with Crippen LogP contribution in [-0.2, 0) is 11.3 Å². The molecule has 0 radical (unpaired) electrons. The van der Waals surface area contributed by atoms with Gasteiger partial charge < -0.3 is 15.6 Å². The summed E-state index contributed by atoms with van der Waals surface area (Å²) in [7, 11) is 1.55. The number of nitrogens with two attached hydrogens (primary N) is 1. The van der Waals surface area contributed by atoms with Crippen molar-refractivity contribution in [3.05, 3.63) is 28.7 Å². The van der Waals surface area contributed by atoms with Gasteiger partial charge in [0.15, 0.2) is 0 Å². The summed E-state index contributed by atoms with van der Waals surface area (Å²) < 4.78 is 1.55. The molecule has 3 N–H and O–H groups in total. The minimum atomic E-state index is -0.229. The third-order valence-corrected chi connectivity index (χ3v) is 1.61. The summed E-state index contributed by atoms with van der Waals surface area (Å²) in [4.78, 5) is 21.8. The molecule has 1 heterocycles. The van der Waals surface area contributed by atoms with Crippen molar-refractivity contribution in [2.75, 3.05) is 12.8 Å². The van der Waals surface area contributed by atoms with Gasteiger partial charge in [-0.2, -0.15) is 0 Å². The molecule has 0 saturated carbocycles.